The van der Waals surface area contributed by atoms with Crippen molar-refractivity contribution in [1.82, 2.24) is 9.38 Å². The molecule has 0 saturated carbocycles. The number of aromatic nitrogens is 2. The fourth-order valence-corrected chi connectivity index (χ4v) is 2.19. The highest BCUT2D eigenvalue weighted by molar-refractivity contribution is 5.89. The average Bonchev–Trinajstić information content (AvgIpc) is 2.96. The molecule has 2 aromatic heterocycles. The van der Waals surface area contributed by atoms with Crippen molar-refractivity contribution in [3.05, 3.63) is 59.9 Å². The lowest BCUT2D eigenvalue weighted by molar-refractivity contribution is -0.137. The first-order valence-electron chi connectivity index (χ1n) is 6.63. The number of nitrogens with zero attached hydrogens (tertiary/aromatic N) is 2. The Balaban J connectivity index is 1.98. The van der Waals surface area contributed by atoms with Gasteiger partial charge in [0.15, 0.2) is 0 Å². The highest BCUT2D eigenvalue weighted by Crippen LogP contribution is 2.30. The van der Waals surface area contributed by atoms with Crippen molar-refractivity contribution in [2.45, 2.75) is 6.18 Å². The summed E-state index contributed by atoms with van der Waals surface area (Å²) in [6, 6.07) is 8.79. The summed E-state index contributed by atoms with van der Waals surface area (Å²) in [5.41, 5.74) is 1.26. The molecule has 0 fully saturated rings. The number of methoxy groups -OCH3 is 1. The van der Waals surface area contributed by atoms with Gasteiger partial charge < -0.3 is 9.14 Å². The van der Waals surface area contributed by atoms with Gasteiger partial charge in [-0.1, -0.05) is 12.1 Å². The average molecular weight is 320 g/mol. The highest BCUT2D eigenvalue weighted by Gasteiger charge is 2.30. The van der Waals surface area contributed by atoms with Crippen LogP contribution in [0.5, 0.6) is 0 Å². The zero-order valence-corrected chi connectivity index (χ0v) is 12.0. The van der Waals surface area contributed by atoms with Crippen LogP contribution in [-0.4, -0.2) is 22.5 Å². The molecule has 1 aromatic carbocycles. The second-order valence-electron chi connectivity index (χ2n) is 4.88. The Morgan fingerprint density at radius 2 is 1.78 bits per heavy atom. The van der Waals surface area contributed by atoms with E-state index in [1.54, 1.807) is 24.3 Å². The van der Waals surface area contributed by atoms with Crippen molar-refractivity contribution in [2.75, 3.05) is 7.11 Å². The number of ether oxygens (including phenoxy) is 1. The fourth-order valence-electron chi connectivity index (χ4n) is 2.19. The summed E-state index contributed by atoms with van der Waals surface area (Å²) in [5, 5.41) is 0. The van der Waals surface area contributed by atoms with Gasteiger partial charge in [-0.15, -0.1) is 0 Å². The molecule has 0 aliphatic heterocycles. The van der Waals surface area contributed by atoms with Crippen LogP contribution in [0.15, 0.2) is 48.8 Å². The first-order chi connectivity index (χ1) is 10.9. The Morgan fingerprint density at radius 3 is 2.39 bits per heavy atom. The van der Waals surface area contributed by atoms with Gasteiger partial charge in [0.2, 0.25) is 0 Å². The number of rotatable bonds is 2. The Labute approximate surface area is 129 Å². The summed E-state index contributed by atoms with van der Waals surface area (Å²) in [6.07, 6.45) is -1.90. The van der Waals surface area contributed by atoms with Gasteiger partial charge in [-0.3, -0.25) is 0 Å². The predicted octanol–water partition coefficient (Wildman–Crippen LogP) is 3.81. The molecule has 4 nitrogen and oxygen atoms in total. The molecule has 0 unspecified atom stereocenters. The molecule has 0 N–H and O–H groups in total. The van der Waals surface area contributed by atoms with E-state index in [0.717, 1.165) is 12.3 Å². The monoisotopic (exact) mass is 320 g/mol. The Hall–Kier alpha value is -2.83. The molecule has 7 heteroatoms. The molecule has 0 saturated heterocycles. The molecule has 0 radical (unpaired) electrons. The quantitative estimate of drug-likeness (QED) is 0.675. The largest absolute Gasteiger partial charge is 0.465 e. The maximum absolute atomic E-state index is 12.7. The molecule has 0 aliphatic rings. The normalized spacial score (nSPS) is 11.7. The summed E-state index contributed by atoms with van der Waals surface area (Å²) >= 11 is 0. The number of benzene rings is 1. The molecule has 0 aliphatic carbocycles. The Kier molecular flexibility index (Phi) is 3.55. The van der Waals surface area contributed by atoms with Crippen molar-refractivity contribution in [3.8, 4) is 11.3 Å². The van der Waals surface area contributed by atoms with Gasteiger partial charge in [0.25, 0.3) is 0 Å². The van der Waals surface area contributed by atoms with E-state index >= 15 is 0 Å². The van der Waals surface area contributed by atoms with Crippen molar-refractivity contribution in [1.29, 1.82) is 0 Å². The minimum absolute atomic E-state index is 0.388. The highest BCUT2D eigenvalue weighted by atomic mass is 19.4. The number of hydrogen-bond donors (Lipinski definition) is 0. The van der Waals surface area contributed by atoms with Crippen molar-refractivity contribution < 1.29 is 22.7 Å². The summed E-state index contributed by atoms with van der Waals surface area (Å²) in [6.45, 7) is 0. The predicted molar refractivity (Wildman–Crippen MR) is 77.0 cm³/mol. The van der Waals surface area contributed by atoms with Crippen LogP contribution in [-0.2, 0) is 10.9 Å². The summed E-state index contributed by atoms with van der Waals surface area (Å²) < 4.78 is 44.1. The third-order valence-corrected chi connectivity index (χ3v) is 3.38. The lowest BCUT2D eigenvalue weighted by Gasteiger charge is -2.05. The maximum Gasteiger partial charge on any atom is 0.417 e. The molecule has 3 rings (SSSR count). The number of halogens is 3. The van der Waals surface area contributed by atoms with Crippen LogP contribution < -0.4 is 0 Å². The van der Waals surface area contributed by atoms with E-state index in [-0.39, 0.29) is 0 Å². The van der Waals surface area contributed by atoms with E-state index < -0.39 is 17.7 Å². The first-order valence-corrected chi connectivity index (χ1v) is 6.63. The van der Waals surface area contributed by atoms with Crippen LogP contribution in [0, 0.1) is 0 Å². The number of pyridine rings is 1. The molecule has 118 valence electrons. The van der Waals surface area contributed by atoms with E-state index in [4.69, 9.17) is 0 Å². The molecule has 0 amide bonds. The van der Waals surface area contributed by atoms with Crippen molar-refractivity contribution >= 4 is 11.6 Å². The van der Waals surface area contributed by atoms with Crippen molar-refractivity contribution in [2.24, 2.45) is 0 Å². The van der Waals surface area contributed by atoms with Gasteiger partial charge in [-0.25, -0.2) is 9.78 Å². The molecular weight excluding hydrogens is 309 g/mol. The van der Waals surface area contributed by atoms with Crippen LogP contribution in [0.2, 0.25) is 0 Å². The summed E-state index contributed by atoms with van der Waals surface area (Å²) in [7, 11) is 1.29. The lowest BCUT2D eigenvalue weighted by atomic mass is 10.1. The van der Waals surface area contributed by atoms with Gasteiger partial charge in [0.05, 0.1) is 23.9 Å². The van der Waals surface area contributed by atoms with E-state index in [1.165, 1.54) is 23.8 Å². The minimum atomic E-state index is -4.40. The van der Waals surface area contributed by atoms with Gasteiger partial charge in [0.1, 0.15) is 5.65 Å². The topological polar surface area (TPSA) is 43.6 Å². The fraction of sp³-hybridized carbons (Fsp3) is 0.125. The molecule has 0 bridgehead atoms. The second-order valence-corrected chi connectivity index (χ2v) is 4.88. The van der Waals surface area contributed by atoms with Crippen LogP contribution in [0.25, 0.3) is 16.9 Å². The van der Waals surface area contributed by atoms with Gasteiger partial charge in [0, 0.05) is 18.0 Å². The Bertz CT molecular complexity index is 867. The number of hydrogen-bond acceptors (Lipinski definition) is 3. The zero-order chi connectivity index (χ0) is 16.6. The number of imidazole rings is 1. The molecule has 0 atom stereocenters. The first kappa shape index (κ1) is 15.1. The van der Waals surface area contributed by atoms with Gasteiger partial charge in [-0.2, -0.15) is 13.2 Å². The number of carbonyl (C=O) groups excluding carboxylic acids is 1. The SMILES string of the molecule is COC(=O)c1ccc(-c2cn3cc(C(F)(F)F)ccc3n2)cc1. The van der Waals surface area contributed by atoms with E-state index in [0.29, 0.717) is 22.5 Å². The summed E-state index contributed by atoms with van der Waals surface area (Å²) in [5.74, 6) is -0.457. The smallest absolute Gasteiger partial charge is 0.417 e. The minimum Gasteiger partial charge on any atom is -0.465 e. The second kappa shape index (κ2) is 5.42. The molecule has 0 spiro atoms. The maximum atomic E-state index is 12.7. The van der Waals surface area contributed by atoms with Crippen LogP contribution in [0.3, 0.4) is 0 Å². The lowest BCUT2D eigenvalue weighted by Crippen LogP contribution is -2.05. The van der Waals surface area contributed by atoms with Gasteiger partial charge >= 0.3 is 12.1 Å². The number of carbonyl (C=O) groups is 1. The van der Waals surface area contributed by atoms with Crippen LogP contribution in [0.1, 0.15) is 15.9 Å². The third-order valence-electron chi connectivity index (χ3n) is 3.38. The number of esters is 1. The number of alkyl halides is 3. The standard InChI is InChI=1S/C16H11F3N2O2/c1-23-15(22)11-4-2-10(3-5-11)13-9-21-8-12(16(17,18)19)6-7-14(21)20-13/h2-9H,1H3. The van der Waals surface area contributed by atoms with E-state index in [1.807, 2.05) is 0 Å². The molecule has 3 aromatic rings. The van der Waals surface area contributed by atoms with E-state index in [2.05, 4.69) is 9.72 Å². The van der Waals surface area contributed by atoms with Crippen LogP contribution in [0.4, 0.5) is 13.2 Å². The zero-order valence-electron chi connectivity index (χ0n) is 12.0. The van der Waals surface area contributed by atoms with E-state index in [9.17, 15) is 18.0 Å². The summed E-state index contributed by atoms with van der Waals surface area (Å²) in [4.78, 5) is 15.7. The molecule has 23 heavy (non-hydrogen) atoms. The van der Waals surface area contributed by atoms with Gasteiger partial charge in [-0.05, 0) is 24.3 Å². The third kappa shape index (κ3) is 2.90. The molecular formula is C16H11F3N2O2. The molecule has 2 heterocycles. The Morgan fingerprint density at radius 1 is 1.09 bits per heavy atom. The van der Waals surface area contributed by atoms with Crippen molar-refractivity contribution in [3.63, 3.8) is 0 Å². The van der Waals surface area contributed by atoms with Crippen LogP contribution >= 0.6 is 0 Å². The number of fused-ring (bicyclic) bond motifs is 1.